The van der Waals surface area contributed by atoms with Crippen LogP contribution in [0.25, 0.3) is 22.4 Å². The SMILES string of the molecule is c1cncc(-c2ncc3c(n2)CCCC3NCc2ccc3nonc3c2)c1. The molecule has 4 aromatic rings. The van der Waals surface area contributed by atoms with Crippen LogP contribution in [0.3, 0.4) is 0 Å². The van der Waals surface area contributed by atoms with E-state index < -0.39 is 0 Å². The fraction of sp³-hybridized carbons (Fsp3) is 0.250. The van der Waals surface area contributed by atoms with Crippen LogP contribution >= 0.6 is 0 Å². The minimum absolute atomic E-state index is 0.253. The van der Waals surface area contributed by atoms with Crippen LogP contribution in [0.2, 0.25) is 0 Å². The van der Waals surface area contributed by atoms with Gasteiger partial charge in [0, 0.05) is 48.0 Å². The van der Waals surface area contributed by atoms with E-state index >= 15 is 0 Å². The highest BCUT2D eigenvalue weighted by Crippen LogP contribution is 2.29. The van der Waals surface area contributed by atoms with E-state index in [4.69, 9.17) is 9.61 Å². The molecule has 0 radical (unpaired) electrons. The van der Waals surface area contributed by atoms with Crippen LogP contribution in [-0.2, 0) is 13.0 Å². The van der Waals surface area contributed by atoms with E-state index in [1.54, 1.807) is 12.4 Å². The van der Waals surface area contributed by atoms with E-state index in [0.717, 1.165) is 59.5 Å². The van der Waals surface area contributed by atoms with Gasteiger partial charge in [0.1, 0.15) is 11.0 Å². The molecule has 0 fully saturated rings. The zero-order valence-electron chi connectivity index (χ0n) is 14.7. The molecule has 3 aromatic heterocycles. The molecule has 1 atom stereocenters. The minimum atomic E-state index is 0.253. The first kappa shape index (κ1) is 16.0. The van der Waals surface area contributed by atoms with E-state index in [1.807, 2.05) is 36.5 Å². The molecule has 7 nitrogen and oxygen atoms in total. The molecule has 27 heavy (non-hydrogen) atoms. The van der Waals surface area contributed by atoms with Gasteiger partial charge in [0.05, 0.1) is 0 Å². The largest absolute Gasteiger partial charge is 0.306 e. The number of aryl methyl sites for hydroxylation is 1. The van der Waals surface area contributed by atoms with Crippen molar-refractivity contribution in [2.24, 2.45) is 0 Å². The van der Waals surface area contributed by atoms with Gasteiger partial charge in [-0.2, -0.15) is 0 Å². The number of fused-ring (bicyclic) bond motifs is 2. The molecule has 1 unspecified atom stereocenters. The normalized spacial score (nSPS) is 16.4. The van der Waals surface area contributed by atoms with Crippen molar-refractivity contribution >= 4 is 11.0 Å². The second-order valence-electron chi connectivity index (χ2n) is 6.75. The van der Waals surface area contributed by atoms with Gasteiger partial charge in [0.25, 0.3) is 0 Å². The predicted molar refractivity (Wildman–Crippen MR) is 99.6 cm³/mol. The van der Waals surface area contributed by atoms with Gasteiger partial charge in [-0.3, -0.25) is 4.98 Å². The Morgan fingerprint density at radius 3 is 3.00 bits per heavy atom. The summed E-state index contributed by atoms with van der Waals surface area (Å²) in [6.07, 6.45) is 8.70. The van der Waals surface area contributed by atoms with Gasteiger partial charge in [-0.15, -0.1) is 0 Å². The van der Waals surface area contributed by atoms with Crippen molar-refractivity contribution in [3.05, 3.63) is 65.7 Å². The highest BCUT2D eigenvalue weighted by molar-refractivity contribution is 5.73. The fourth-order valence-electron chi connectivity index (χ4n) is 3.57. The number of benzene rings is 1. The summed E-state index contributed by atoms with van der Waals surface area (Å²) in [5.41, 5.74) is 5.98. The Kier molecular flexibility index (Phi) is 4.06. The fourth-order valence-corrected chi connectivity index (χ4v) is 3.57. The molecule has 0 bridgehead atoms. The van der Waals surface area contributed by atoms with Crippen molar-refractivity contribution in [3.63, 3.8) is 0 Å². The molecule has 134 valence electrons. The maximum absolute atomic E-state index is 4.80. The van der Waals surface area contributed by atoms with E-state index in [2.05, 4.69) is 25.6 Å². The number of aromatic nitrogens is 5. The highest BCUT2D eigenvalue weighted by atomic mass is 16.6. The number of nitrogens with zero attached hydrogens (tertiary/aromatic N) is 5. The summed E-state index contributed by atoms with van der Waals surface area (Å²) in [5.74, 6) is 0.742. The summed E-state index contributed by atoms with van der Waals surface area (Å²) in [6, 6.07) is 10.1. The third-order valence-electron chi connectivity index (χ3n) is 4.97. The Morgan fingerprint density at radius 1 is 1.11 bits per heavy atom. The van der Waals surface area contributed by atoms with Crippen LogP contribution in [0.4, 0.5) is 0 Å². The third kappa shape index (κ3) is 3.17. The lowest BCUT2D eigenvalue weighted by atomic mass is 9.92. The minimum Gasteiger partial charge on any atom is -0.306 e. The number of pyridine rings is 1. The maximum atomic E-state index is 4.80. The second kappa shape index (κ2) is 6.85. The molecule has 3 heterocycles. The topological polar surface area (TPSA) is 89.6 Å². The van der Waals surface area contributed by atoms with Gasteiger partial charge in [0.2, 0.25) is 0 Å². The molecule has 1 aliphatic carbocycles. The lowest BCUT2D eigenvalue weighted by Gasteiger charge is -2.25. The first-order chi connectivity index (χ1) is 13.4. The second-order valence-corrected chi connectivity index (χ2v) is 6.75. The molecule has 1 N–H and O–H groups in total. The summed E-state index contributed by atoms with van der Waals surface area (Å²) < 4.78 is 4.77. The van der Waals surface area contributed by atoms with Gasteiger partial charge in [0.15, 0.2) is 5.82 Å². The van der Waals surface area contributed by atoms with Crippen molar-refractivity contribution in [2.45, 2.75) is 31.8 Å². The summed E-state index contributed by atoms with van der Waals surface area (Å²) in [6.45, 7) is 0.747. The lowest BCUT2D eigenvalue weighted by Crippen LogP contribution is -2.26. The molecule has 1 aliphatic rings. The predicted octanol–water partition coefficient (Wildman–Crippen LogP) is 3.24. The summed E-state index contributed by atoms with van der Waals surface area (Å²) in [4.78, 5) is 13.5. The Labute approximate surface area is 155 Å². The van der Waals surface area contributed by atoms with Crippen molar-refractivity contribution in [2.75, 3.05) is 0 Å². The molecule has 5 rings (SSSR count). The van der Waals surface area contributed by atoms with Crippen molar-refractivity contribution in [1.82, 2.24) is 30.6 Å². The van der Waals surface area contributed by atoms with Crippen molar-refractivity contribution in [1.29, 1.82) is 0 Å². The number of rotatable bonds is 4. The Hall–Kier alpha value is -3.19. The molecule has 0 saturated carbocycles. The van der Waals surface area contributed by atoms with E-state index in [-0.39, 0.29) is 6.04 Å². The van der Waals surface area contributed by atoms with Crippen LogP contribution in [0.1, 0.15) is 35.7 Å². The first-order valence-corrected chi connectivity index (χ1v) is 9.07. The molecular formula is C20H18N6O. The van der Waals surface area contributed by atoms with Gasteiger partial charge >= 0.3 is 0 Å². The summed E-state index contributed by atoms with van der Waals surface area (Å²) >= 11 is 0. The summed E-state index contributed by atoms with van der Waals surface area (Å²) in [5, 5.41) is 11.4. The highest BCUT2D eigenvalue weighted by Gasteiger charge is 2.22. The monoisotopic (exact) mass is 358 g/mol. The Morgan fingerprint density at radius 2 is 2.07 bits per heavy atom. The van der Waals surface area contributed by atoms with E-state index in [0.29, 0.717) is 0 Å². The molecule has 1 aromatic carbocycles. The zero-order chi connectivity index (χ0) is 18.1. The van der Waals surface area contributed by atoms with Crippen molar-refractivity contribution < 1.29 is 4.63 Å². The standard InChI is InChI=1S/C20H18N6O/c1-4-16(22-10-13-6-7-18-19(9-13)26-27-25-18)15-12-23-20(24-17(15)5-1)14-3-2-8-21-11-14/h2-3,6-9,11-12,16,22H,1,4-5,10H2. The molecule has 0 saturated heterocycles. The smallest absolute Gasteiger partial charge is 0.160 e. The number of hydrogen-bond donors (Lipinski definition) is 1. The van der Waals surface area contributed by atoms with Crippen LogP contribution in [0, 0.1) is 0 Å². The van der Waals surface area contributed by atoms with Gasteiger partial charge < -0.3 is 5.32 Å². The Balaban J connectivity index is 1.36. The maximum Gasteiger partial charge on any atom is 0.160 e. The third-order valence-corrected chi connectivity index (χ3v) is 4.97. The number of nitrogens with one attached hydrogen (secondary N) is 1. The quantitative estimate of drug-likeness (QED) is 0.599. The van der Waals surface area contributed by atoms with Crippen LogP contribution in [0.15, 0.2) is 53.6 Å². The lowest BCUT2D eigenvalue weighted by molar-refractivity contribution is 0.315. The Bertz CT molecular complexity index is 1080. The van der Waals surface area contributed by atoms with Crippen molar-refractivity contribution in [3.8, 4) is 11.4 Å². The van der Waals surface area contributed by atoms with Gasteiger partial charge in [-0.05, 0) is 59.4 Å². The molecule has 0 amide bonds. The average Bonchev–Trinajstić information content (AvgIpc) is 3.20. The molecule has 7 heteroatoms. The van der Waals surface area contributed by atoms with Crippen LogP contribution in [-0.4, -0.2) is 25.3 Å². The number of hydrogen-bond acceptors (Lipinski definition) is 7. The summed E-state index contributed by atoms with van der Waals surface area (Å²) in [7, 11) is 0. The van der Waals surface area contributed by atoms with Crippen LogP contribution in [0.5, 0.6) is 0 Å². The van der Waals surface area contributed by atoms with Crippen LogP contribution < -0.4 is 5.32 Å². The average molecular weight is 358 g/mol. The molecule has 0 aliphatic heterocycles. The molecule has 0 spiro atoms. The van der Waals surface area contributed by atoms with E-state index in [1.165, 1.54) is 5.56 Å². The van der Waals surface area contributed by atoms with Gasteiger partial charge in [-0.25, -0.2) is 14.6 Å². The molecular weight excluding hydrogens is 340 g/mol. The van der Waals surface area contributed by atoms with Gasteiger partial charge in [-0.1, -0.05) is 6.07 Å². The zero-order valence-corrected chi connectivity index (χ0v) is 14.7. The first-order valence-electron chi connectivity index (χ1n) is 9.07. The van der Waals surface area contributed by atoms with E-state index in [9.17, 15) is 0 Å².